The number of nitrogens with zero attached hydrogens (tertiary/aromatic N) is 2. The lowest BCUT2D eigenvalue weighted by Gasteiger charge is -2.37. The number of thiophene rings is 1. The first-order valence-corrected chi connectivity index (χ1v) is 12.1. The van der Waals surface area contributed by atoms with Crippen LogP contribution in [0.15, 0.2) is 61.0 Å². The number of hydrogen-bond donors (Lipinski definition) is 1. The third-order valence-electron chi connectivity index (χ3n) is 5.76. The van der Waals surface area contributed by atoms with Gasteiger partial charge >= 0.3 is 0 Å². The van der Waals surface area contributed by atoms with Crippen LogP contribution in [-0.4, -0.2) is 59.7 Å². The molecule has 0 bridgehead atoms. The summed E-state index contributed by atoms with van der Waals surface area (Å²) in [6.07, 6.45) is 5.34. The molecule has 1 aliphatic rings. The first kappa shape index (κ1) is 24.2. The number of rotatable bonds is 12. The molecule has 2 aromatic rings. The van der Waals surface area contributed by atoms with Gasteiger partial charge in [0.25, 0.3) is 0 Å². The number of carbonyl (C=O) groups excluding carboxylic acids is 1. The summed E-state index contributed by atoms with van der Waals surface area (Å²) < 4.78 is 6.10. The van der Waals surface area contributed by atoms with Gasteiger partial charge in [-0.05, 0) is 55.3 Å². The molecule has 1 aromatic heterocycles. The Labute approximate surface area is 195 Å². The zero-order valence-corrected chi connectivity index (χ0v) is 19.7. The van der Waals surface area contributed by atoms with E-state index in [1.54, 1.807) is 23.5 Å². The van der Waals surface area contributed by atoms with Crippen LogP contribution < -0.4 is 4.74 Å². The molecule has 1 aliphatic heterocycles. The SMILES string of the molecule is C=CCC[C@H](O)CN(CC=C)CC(=O)N1CCc2sccc2[C@H]1COc1ccc(C)cc1. The van der Waals surface area contributed by atoms with Crippen LogP contribution in [0.5, 0.6) is 5.75 Å². The fourth-order valence-corrected chi connectivity index (χ4v) is 4.98. The maximum atomic E-state index is 13.4. The summed E-state index contributed by atoms with van der Waals surface area (Å²) >= 11 is 1.75. The zero-order valence-electron chi connectivity index (χ0n) is 18.9. The van der Waals surface area contributed by atoms with E-state index in [-0.39, 0.29) is 18.5 Å². The van der Waals surface area contributed by atoms with E-state index in [0.717, 1.165) is 18.6 Å². The van der Waals surface area contributed by atoms with Crippen molar-refractivity contribution in [2.45, 2.75) is 38.3 Å². The summed E-state index contributed by atoms with van der Waals surface area (Å²) in [7, 11) is 0. The molecule has 2 atom stereocenters. The van der Waals surface area contributed by atoms with Gasteiger partial charge in [-0.2, -0.15) is 0 Å². The molecule has 1 amide bonds. The Hall–Kier alpha value is -2.41. The van der Waals surface area contributed by atoms with Crippen molar-refractivity contribution >= 4 is 17.2 Å². The summed E-state index contributed by atoms with van der Waals surface area (Å²) in [5.74, 6) is 0.862. The predicted molar refractivity (Wildman–Crippen MR) is 131 cm³/mol. The minimum absolute atomic E-state index is 0.0529. The monoisotopic (exact) mass is 454 g/mol. The van der Waals surface area contributed by atoms with Crippen molar-refractivity contribution in [2.24, 2.45) is 0 Å². The molecule has 2 heterocycles. The first-order chi connectivity index (χ1) is 15.5. The molecule has 3 rings (SSSR count). The zero-order chi connectivity index (χ0) is 22.9. The number of benzene rings is 1. The summed E-state index contributed by atoms with van der Waals surface area (Å²) in [6, 6.07) is 9.99. The van der Waals surface area contributed by atoms with E-state index in [9.17, 15) is 9.90 Å². The van der Waals surface area contributed by atoms with E-state index < -0.39 is 6.10 Å². The van der Waals surface area contributed by atoms with Gasteiger partial charge in [-0.25, -0.2) is 0 Å². The highest BCUT2D eigenvalue weighted by Crippen LogP contribution is 2.34. The van der Waals surface area contributed by atoms with Gasteiger partial charge in [-0.3, -0.25) is 9.69 Å². The minimum atomic E-state index is -0.494. The number of aliphatic hydroxyl groups excluding tert-OH is 1. The second-order valence-electron chi connectivity index (χ2n) is 8.28. The summed E-state index contributed by atoms with van der Waals surface area (Å²) in [4.78, 5) is 18.6. The van der Waals surface area contributed by atoms with Crippen molar-refractivity contribution in [2.75, 3.05) is 32.8 Å². The molecule has 0 saturated heterocycles. The normalized spacial score (nSPS) is 16.5. The van der Waals surface area contributed by atoms with E-state index in [0.29, 0.717) is 32.7 Å². The van der Waals surface area contributed by atoms with Crippen LogP contribution in [-0.2, 0) is 11.2 Å². The Bertz CT molecular complexity index is 893. The van der Waals surface area contributed by atoms with Crippen molar-refractivity contribution in [1.82, 2.24) is 9.80 Å². The number of carbonyl (C=O) groups is 1. The van der Waals surface area contributed by atoms with Crippen molar-refractivity contribution < 1.29 is 14.6 Å². The average molecular weight is 455 g/mol. The van der Waals surface area contributed by atoms with Gasteiger partial charge in [0.15, 0.2) is 0 Å². The molecule has 1 aromatic carbocycles. The molecule has 6 heteroatoms. The Morgan fingerprint density at radius 2 is 2.09 bits per heavy atom. The lowest BCUT2D eigenvalue weighted by Crippen LogP contribution is -2.47. The molecule has 0 radical (unpaired) electrons. The third-order valence-corrected chi connectivity index (χ3v) is 6.76. The predicted octanol–water partition coefficient (Wildman–Crippen LogP) is 4.38. The maximum Gasteiger partial charge on any atom is 0.237 e. The van der Waals surface area contributed by atoms with Crippen LogP contribution >= 0.6 is 11.3 Å². The Kier molecular flexibility index (Phi) is 9.09. The second kappa shape index (κ2) is 12.0. The molecule has 0 spiro atoms. The van der Waals surface area contributed by atoms with Crippen LogP contribution in [0.25, 0.3) is 0 Å². The van der Waals surface area contributed by atoms with Gasteiger partial charge in [-0.15, -0.1) is 24.5 Å². The van der Waals surface area contributed by atoms with Gasteiger partial charge in [0.2, 0.25) is 5.91 Å². The Morgan fingerprint density at radius 3 is 2.81 bits per heavy atom. The van der Waals surface area contributed by atoms with Gasteiger partial charge in [-0.1, -0.05) is 29.8 Å². The molecule has 0 fully saturated rings. The van der Waals surface area contributed by atoms with Gasteiger partial charge in [0.05, 0.1) is 18.7 Å². The number of amides is 1. The number of hydrogen-bond acceptors (Lipinski definition) is 5. The Morgan fingerprint density at radius 1 is 1.31 bits per heavy atom. The van der Waals surface area contributed by atoms with Crippen molar-refractivity contribution in [3.63, 3.8) is 0 Å². The van der Waals surface area contributed by atoms with E-state index in [1.165, 1.54) is 16.0 Å². The molecule has 1 N–H and O–H groups in total. The second-order valence-corrected chi connectivity index (χ2v) is 9.28. The molecule has 0 aliphatic carbocycles. The molecule has 32 heavy (non-hydrogen) atoms. The van der Waals surface area contributed by atoms with Crippen molar-refractivity contribution in [3.8, 4) is 5.75 Å². The fraction of sp³-hybridized carbons (Fsp3) is 0.423. The van der Waals surface area contributed by atoms with E-state index in [2.05, 4.69) is 24.6 Å². The highest BCUT2D eigenvalue weighted by Gasteiger charge is 2.33. The average Bonchev–Trinajstić information content (AvgIpc) is 3.26. The van der Waals surface area contributed by atoms with Crippen LogP contribution in [0.4, 0.5) is 0 Å². The number of allylic oxidation sites excluding steroid dienone is 1. The van der Waals surface area contributed by atoms with Gasteiger partial charge in [0.1, 0.15) is 12.4 Å². The third kappa shape index (κ3) is 6.55. The Balaban J connectivity index is 1.69. The lowest BCUT2D eigenvalue weighted by atomic mass is 10.0. The molecule has 0 unspecified atom stereocenters. The number of fused-ring (bicyclic) bond motifs is 1. The lowest BCUT2D eigenvalue weighted by molar-refractivity contribution is -0.136. The van der Waals surface area contributed by atoms with E-state index >= 15 is 0 Å². The van der Waals surface area contributed by atoms with E-state index in [1.807, 2.05) is 41.0 Å². The summed E-state index contributed by atoms with van der Waals surface area (Å²) in [5.41, 5.74) is 2.37. The molecule has 5 nitrogen and oxygen atoms in total. The van der Waals surface area contributed by atoms with Crippen LogP contribution in [0.3, 0.4) is 0 Å². The number of aliphatic hydroxyl groups is 1. The molecule has 0 saturated carbocycles. The standard InChI is InChI=1S/C26H34N2O3S/c1-4-6-7-21(29)17-27(14-5-2)18-26(30)28-15-12-25-23(13-16-32-25)24(28)19-31-22-10-8-20(3)9-11-22/h4-5,8-11,13,16,21,24,29H,1-2,6-7,12,14-15,17-19H2,3H3/t21-,24+/m0/s1. The highest BCUT2D eigenvalue weighted by atomic mass is 32.1. The summed E-state index contributed by atoms with van der Waals surface area (Å²) in [5, 5.41) is 12.4. The van der Waals surface area contributed by atoms with Crippen LogP contribution in [0.2, 0.25) is 0 Å². The first-order valence-electron chi connectivity index (χ1n) is 11.2. The van der Waals surface area contributed by atoms with Crippen LogP contribution in [0.1, 0.15) is 34.9 Å². The quantitative estimate of drug-likeness (QED) is 0.484. The topological polar surface area (TPSA) is 53.0 Å². The fourth-order valence-electron chi connectivity index (χ4n) is 4.05. The molecule has 172 valence electrons. The van der Waals surface area contributed by atoms with Gasteiger partial charge < -0.3 is 14.7 Å². The van der Waals surface area contributed by atoms with Crippen molar-refractivity contribution in [3.05, 3.63) is 77.0 Å². The summed E-state index contributed by atoms with van der Waals surface area (Å²) in [6.45, 7) is 11.9. The van der Waals surface area contributed by atoms with Gasteiger partial charge in [0, 0.05) is 24.5 Å². The highest BCUT2D eigenvalue weighted by molar-refractivity contribution is 7.10. The number of ether oxygens (including phenoxy) is 1. The molecular weight excluding hydrogens is 420 g/mol. The maximum absolute atomic E-state index is 13.4. The van der Waals surface area contributed by atoms with E-state index in [4.69, 9.17) is 4.74 Å². The molecular formula is C26H34N2O3S. The van der Waals surface area contributed by atoms with Crippen molar-refractivity contribution in [1.29, 1.82) is 0 Å². The largest absolute Gasteiger partial charge is 0.491 e. The minimum Gasteiger partial charge on any atom is -0.491 e. The van der Waals surface area contributed by atoms with Crippen LogP contribution in [0, 0.1) is 6.92 Å². The smallest absolute Gasteiger partial charge is 0.237 e. The number of aryl methyl sites for hydroxylation is 1.